The Morgan fingerprint density at radius 2 is 2.19 bits per heavy atom. The van der Waals surface area contributed by atoms with Crippen molar-refractivity contribution < 1.29 is 14.3 Å². The van der Waals surface area contributed by atoms with E-state index in [1.54, 1.807) is 4.90 Å². The number of amides is 2. The highest BCUT2D eigenvalue weighted by atomic mass is 35.5. The molecule has 112 valence electrons. The summed E-state index contributed by atoms with van der Waals surface area (Å²) in [5.41, 5.74) is 7.23. The maximum Gasteiger partial charge on any atom is 0.410 e. The van der Waals surface area contributed by atoms with E-state index in [4.69, 9.17) is 22.1 Å². The average molecular weight is 310 g/mol. The van der Waals surface area contributed by atoms with Gasteiger partial charge in [-0.1, -0.05) is 23.7 Å². The van der Waals surface area contributed by atoms with Crippen LogP contribution in [0.15, 0.2) is 18.2 Å². The van der Waals surface area contributed by atoms with Gasteiger partial charge in [0, 0.05) is 24.5 Å². The lowest BCUT2D eigenvalue weighted by atomic mass is 10.1. The molecule has 1 fully saturated rings. The molecule has 2 amide bonds. The van der Waals surface area contributed by atoms with Crippen molar-refractivity contribution in [3.05, 3.63) is 34.3 Å². The molecule has 0 aromatic heterocycles. The van der Waals surface area contributed by atoms with E-state index >= 15 is 0 Å². The molecule has 0 saturated carbocycles. The summed E-state index contributed by atoms with van der Waals surface area (Å²) in [6.45, 7) is 1.39. The van der Waals surface area contributed by atoms with Crippen molar-refractivity contribution in [1.82, 2.24) is 10.2 Å². The number of benzene rings is 1. The molecule has 0 radical (unpaired) electrons. The molecule has 0 aliphatic carbocycles. The molecule has 6 nitrogen and oxygen atoms in total. The highest BCUT2D eigenvalue weighted by Crippen LogP contribution is 2.29. The highest BCUT2D eigenvalue weighted by Gasteiger charge is 2.33. The van der Waals surface area contributed by atoms with Gasteiger partial charge in [-0.3, -0.25) is 9.69 Å². The molecule has 3 rings (SSSR count). The van der Waals surface area contributed by atoms with Crippen LogP contribution in [0.1, 0.15) is 17.5 Å². The number of nitrogens with zero attached hydrogens (tertiary/aromatic N) is 1. The highest BCUT2D eigenvalue weighted by molar-refractivity contribution is 6.31. The molecule has 1 aromatic rings. The third-order valence-electron chi connectivity index (χ3n) is 3.89. The smallest absolute Gasteiger partial charge is 0.410 e. The van der Waals surface area contributed by atoms with E-state index in [9.17, 15) is 9.59 Å². The maximum atomic E-state index is 12.2. The van der Waals surface area contributed by atoms with Gasteiger partial charge in [-0.25, -0.2) is 4.79 Å². The Hall–Kier alpha value is -1.79. The minimum atomic E-state index is -0.423. The Kier molecular flexibility index (Phi) is 3.73. The predicted octanol–water partition coefficient (Wildman–Crippen LogP) is 1.01. The quantitative estimate of drug-likeness (QED) is 0.854. The number of rotatable bonds is 2. The lowest BCUT2D eigenvalue weighted by molar-refractivity contribution is -0.119. The topological polar surface area (TPSA) is 84.7 Å². The number of hydrogen-bond acceptors (Lipinski definition) is 4. The number of fused-ring (bicyclic) bond motifs is 1. The summed E-state index contributed by atoms with van der Waals surface area (Å²) in [4.78, 5) is 24.8. The minimum absolute atomic E-state index is 0.325. The second-order valence-corrected chi connectivity index (χ2v) is 5.75. The number of primary amides is 1. The van der Waals surface area contributed by atoms with Crippen molar-refractivity contribution in [2.24, 2.45) is 5.73 Å². The summed E-state index contributed by atoms with van der Waals surface area (Å²) in [6, 6.07) is 5.21. The van der Waals surface area contributed by atoms with Gasteiger partial charge in [0.2, 0.25) is 5.91 Å². The molecule has 0 bridgehead atoms. The van der Waals surface area contributed by atoms with E-state index in [1.165, 1.54) is 0 Å². The van der Waals surface area contributed by atoms with Gasteiger partial charge in [0.1, 0.15) is 6.10 Å². The Bertz CT molecular complexity index is 593. The SMILES string of the molecule is NC(=O)[C@@H]1C[C@@H](OC(=O)N2Cc3cccc(Cl)c3C2)CN1. The van der Waals surface area contributed by atoms with Gasteiger partial charge in [0.25, 0.3) is 0 Å². The standard InChI is InChI=1S/C14H16ClN3O3/c15-11-3-1-2-8-6-18(7-10(8)11)14(20)21-9-4-12(13(16)19)17-5-9/h1-3,9,12,17H,4-7H2,(H2,16,19)/t9-,12+/m1/s1. The van der Waals surface area contributed by atoms with Crippen LogP contribution in [0.3, 0.4) is 0 Å². The number of nitrogens with one attached hydrogen (secondary N) is 1. The largest absolute Gasteiger partial charge is 0.445 e. The summed E-state index contributed by atoms with van der Waals surface area (Å²) >= 11 is 6.12. The molecular weight excluding hydrogens is 294 g/mol. The second-order valence-electron chi connectivity index (χ2n) is 5.34. The fourth-order valence-electron chi connectivity index (χ4n) is 2.74. The summed E-state index contributed by atoms with van der Waals surface area (Å²) < 4.78 is 5.42. The van der Waals surface area contributed by atoms with Crippen molar-refractivity contribution in [2.75, 3.05) is 6.54 Å². The molecule has 21 heavy (non-hydrogen) atoms. The molecule has 0 spiro atoms. The zero-order valence-corrected chi connectivity index (χ0v) is 12.1. The predicted molar refractivity (Wildman–Crippen MR) is 76.6 cm³/mol. The van der Waals surface area contributed by atoms with Gasteiger partial charge in [-0.15, -0.1) is 0 Å². The average Bonchev–Trinajstić information content (AvgIpc) is 3.05. The number of carbonyl (C=O) groups excluding carboxylic acids is 2. The van der Waals surface area contributed by atoms with Crippen LogP contribution in [0, 0.1) is 0 Å². The first-order valence-electron chi connectivity index (χ1n) is 6.79. The van der Waals surface area contributed by atoms with Gasteiger partial charge in [-0.2, -0.15) is 0 Å². The van der Waals surface area contributed by atoms with Crippen molar-refractivity contribution in [3.63, 3.8) is 0 Å². The zero-order chi connectivity index (χ0) is 15.0. The van der Waals surface area contributed by atoms with Crippen LogP contribution in [0.5, 0.6) is 0 Å². The Balaban J connectivity index is 1.59. The van der Waals surface area contributed by atoms with Crippen LogP contribution < -0.4 is 11.1 Å². The first kappa shape index (κ1) is 14.2. The van der Waals surface area contributed by atoms with Gasteiger partial charge < -0.3 is 15.8 Å². The summed E-state index contributed by atoms with van der Waals surface area (Å²) in [5, 5.41) is 3.60. The fraction of sp³-hybridized carbons (Fsp3) is 0.429. The van der Waals surface area contributed by atoms with Crippen LogP contribution in [-0.4, -0.2) is 35.6 Å². The molecular formula is C14H16ClN3O3. The zero-order valence-electron chi connectivity index (χ0n) is 11.3. The van der Waals surface area contributed by atoms with Crippen molar-refractivity contribution >= 4 is 23.6 Å². The molecule has 1 saturated heterocycles. The lowest BCUT2D eigenvalue weighted by Gasteiger charge is -2.18. The molecule has 1 aromatic carbocycles. The van der Waals surface area contributed by atoms with E-state index in [0.29, 0.717) is 31.1 Å². The third-order valence-corrected chi connectivity index (χ3v) is 4.24. The van der Waals surface area contributed by atoms with Gasteiger partial charge in [-0.05, 0) is 17.2 Å². The Labute approximate surface area is 127 Å². The molecule has 2 aliphatic heterocycles. The molecule has 2 aliphatic rings. The summed E-state index contributed by atoms with van der Waals surface area (Å²) in [6.07, 6.45) is -0.295. The maximum absolute atomic E-state index is 12.2. The van der Waals surface area contributed by atoms with Gasteiger partial charge in [0.05, 0.1) is 12.6 Å². The Morgan fingerprint density at radius 1 is 1.38 bits per heavy atom. The van der Waals surface area contributed by atoms with E-state index in [-0.39, 0.29) is 12.2 Å². The lowest BCUT2D eigenvalue weighted by Crippen LogP contribution is -2.36. The monoisotopic (exact) mass is 309 g/mol. The number of hydrogen-bond donors (Lipinski definition) is 2. The summed E-state index contributed by atoms with van der Waals surface area (Å²) in [5.74, 6) is -0.422. The molecule has 7 heteroatoms. The number of ether oxygens (including phenoxy) is 1. The van der Waals surface area contributed by atoms with Crippen molar-refractivity contribution in [2.45, 2.75) is 31.7 Å². The summed E-state index contributed by atoms with van der Waals surface area (Å²) in [7, 11) is 0. The van der Waals surface area contributed by atoms with E-state index < -0.39 is 11.9 Å². The number of carbonyl (C=O) groups is 2. The number of halogens is 1. The van der Waals surface area contributed by atoms with Crippen LogP contribution in [-0.2, 0) is 22.6 Å². The van der Waals surface area contributed by atoms with Crippen LogP contribution >= 0.6 is 11.6 Å². The van der Waals surface area contributed by atoms with Crippen LogP contribution in [0.4, 0.5) is 4.79 Å². The minimum Gasteiger partial charge on any atom is -0.445 e. The van der Waals surface area contributed by atoms with Crippen LogP contribution in [0.25, 0.3) is 0 Å². The normalized spacial score (nSPS) is 24.0. The van der Waals surface area contributed by atoms with E-state index in [2.05, 4.69) is 5.32 Å². The van der Waals surface area contributed by atoms with Gasteiger partial charge >= 0.3 is 6.09 Å². The molecule has 2 atom stereocenters. The van der Waals surface area contributed by atoms with E-state index in [0.717, 1.165) is 11.1 Å². The molecule has 0 unspecified atom stereocenters. The number of nitrogens with two attached hydrogens (primary N) is 1. The van der Waals surface area contributed by atoms with Crippen molar-refractivity contribution in [3.8, 4) is 0 Å². The van der Waals surface area contributed by atoms with Crippen LogP contribution in [0.2, 0.25) is 5.02 Å². The van der Waals surface area contributed by atoms with E-state index in [1.807, 2.05) is 18.2 Å². The Morgan fingerprint density at radius 3 is 2.86 bits per heavy atom. The van der Waals surface area contributed by atoms with Crippen molar-refractivity contribution in [1.29, 1.82) is 0 Å². The second kappa shape index (κ2) is 5.54. The first-order valence-corrected chi connectivity index (χ1v) is 7.17. The third kappa shape index (κ3) is 2.82. The molecule has 3 N–H and O–H groups in total. The fourth-order valence-corrected chi connectivity index (χ4v) is 2.99. The first-order chi connectivity index (χ1) is 10.0. The molecule has 2 heterocycles. The van der Waals surface area contributed by atoms with Gasteiger partial charge in [0.15, 0.2) is 0 Å².